The van der Waals surface area contributed by atoms with Crippen LogP contribution in [0.5, 0.6) is 0 Å². The average molecular weight is 615 g/mol. The zero-order valence-corrected chi connectivity index (χ0v) is 23.3. The Morgan fingerprint density at radius 2 is 1.85 bits per heavy atom. The fourth-order valence-electron chi connectivity index (χ4n) is 5.19. The number of aryl methyl sites for hydroxylation is 1. The first-order chi connectivity index (χ1) is 19.2. The number of aliphatic imine (C=N–C) groups is 1. The Bertz CT molecular complexity index is 1560. The van der Waals surface area contributed by atoms with Crippen molar-refractivity contribution in [3.8, 4) is 0 Å². The van der Waals surface area contributed by atoms with Gasteiger partial charge in [-0.2, -0.15) is 22.5 Å². The number of hydrogen-bond donors (Lipinski definition) is 3. The fourth-order valence-corrected chi connectivity index (χ4v) is 6.80. The Balaban J connectivity index is 1.25. The van der Waals surface area contributed by atoms with Crippen LogP contribution in [0.2, 0.25) is 5.15 Å². The highest BCUT2D eigenvalue weighted by molar-refractivity contribution is 7.89. The summed E-state index contributed by atoms with van der Waals surface area (Å²) in [6, 6.07) is 4.39. The third-order valence-corrected chi connectivity index (χ3v) is 9.66. The van der Waals surface area contributed by atoms with Crippen LogP contribution in [0.3, 0.4) is 0 Å². The molecule has 4 N–H and O–H groups in total. The van der Waals surface area contributed by atoms with Crippen molar-refractivity contribution >= 4 is 45.2 Å². The number of nitrogens with zero attached hydrogens (tertiary/aromatic N) is 5. The molecule has 0 radical (unpaired) electrons. The van der Waals surface area contributed by atoms with Crippen molar-refractivity contribution in [3.63, 3.8) is 0 Å². The van der Waals surface area contributed by atoms with Crippen LogP contribution in [0.1, 0.15) is 40.2 Å². The van der Waals surface area contributed by atoms with Crippen LogP contribution < -0.4 is 16.4 Å². The number of piperidine rings is 1. The molecule has 0 atom stereocenters. The summed E-state index contributed by atoms with van der Waals surface area (Å²) in [5.74, 6) is -2.40. The Labute approximate surface area is 238 Å². The first kappa shape index (κ1) is 29.0. The number of benzene rings is 1. The minimum absolute atomic E-state index is 0.0000612. The van der Waals surface area contributed by atoms with Crippen LogP contribution in [0, 0.1) is 6.92 Å². The maximum absolute atomic E-state index is 13.4. The number of nitrogen functional groups attached to an aromatic ring is 1. The molecule has 2 fully saturated rings. The molecule has 2 aromatic rings. The number of carbonyl (C=O) groups is 2. The lowest BCUT2D eigenvalue weighted by molar-refractivity contribution is -0.186. The monoisotopic (exact) mass is 614 g/mol. The summed E-state index contributed by atoms with van der Waals surface area (Å²) in [4.78, 5) is 37.0. The van der Waals surface area contributed by atoms with Gasteiger partial charge in [-0.25, -0.2) is 18.4 Å². The van der Waals surface area contributed by atoms with Gasteiger partial charge in [0.1, 0.15) is 0 Å². The molecule has 1 aromatic carbocycles. The largest absolute Gasteiger partial charge is 0.471 e. The summed E-state index contributed by atoms with van der Waals surface area (Å²) in [5, 5.41) is 6.12. The molecule has 220 valence electrons. The van der Waals surface area contributed by atoms with Crippen LogP contribution in [-0.2, 0) is 27.8 Å². The van der Waals surface area contributed by atoms with E-state index in [0.29, 0.717) is 35.4 Å². The molecule has 2 amide bonds. The normalized spacial score (nSPS) is 20.0. The number of halogens is 4. The van der Waals surface area contributed by atoms with E-state index in [9.17, 15) is 31.2 Å². The first-order valence-electron chi connectivity index (χ1n) is 12.6. The number of nitrogens with two attached hydrogens (primary N) is 1. The van der Waals surface area contributed by atoms with E-state index in [2.05, 4.69) is 25.6 Å². The molecular weight excluding hydrogens is 589 g/mol. The van der Waals surface area contributed by atoms with E-state index < -0.39 is 33.6 Å². The van der Waals surface area contributed by atoms with E-state index in [4.69, 9.17) is 17.3 Å². The van der Waals surface area contributed by atoms with Crippen LogP contribution in [0.4, 0.5) is 19.0 Å². The summed E-state index contributed by atoms with van der Waals surface area (Å²) < 4.78 is 66.9. The average Bonchev–Trinajstić information content (AvgIpc) is 3.30. The number of guanidine groups is 1. The van der Waals surface area contributed by atoms with Crippen molar-refractivity contribution in [1.82, 2.24) is 29.8 Å². The molecule has 4 heterocycles. The summed E-state index contributed by atoms with van der Waals surface area (Å²) in [6.07, 6.45) is -4.00. The number of alkyl halides is 3. The quantitative estimate of drug-likeness (QED) is 0.463. The van der Waals surface area contributed by atoms with Crippen molar-refractivity contribution in [2.24, 2.45) is 4.99 Å². The SMILES string of the molecule is Cc1nc(N)c(Cl)nc1C(=O)/N=C1\NCC2(CCN(S(=O)(=O)c3ccc4c(c3)CN(C(=O)C(F)(F)F)CC4)CC2)N1. The van der Waals surface area contributed by atoms with Crippen molar-refractivity contribution < 1.29 is 31.2 Å². The van der Waals surface area contributed by atoms with E-state index in [0.717, 1.165) is 0 Å². The molecule has 1 spiro atoms. The van der Waals surface area contributed by atoms with E-state index in [-0.39, 0.29) is 65.8 Å². The van der Waals surface area contributed by atoms with Gasteiger partial charge in [0.2, 0.25) is 10.0 Å². The number of amides is 2. The van der Waals surface area contributed by atoms with Crippen LogP contribution in [0.25, 0.3) is 0 Å². The number of sulfonamides is 1. The third kappa shape index (κ3) is 5.67. The van der Waals surface area contributed by atoms with Crippen molar-refractivity contribution in [3.05, 3.63) is 45.9 Å². The van der Waals surface area contributed by atoms with Crippen LogP contribution in [0.15, 0.2) is 28.1 Å². The highest BCUT2D eigenvalue weighted by atomic mass is 35.5. The summed E-state index contributed by atoms with van der Waals surface area (Å²) in [5.41, 5.74) is 6.38. The molecule has 5 rings (SSSR count). The zero-order chi connectivity index (χ0) is 29.7. The standard InChI is InChI=1S/C24H26ClF3N8O4S/c1-13-17(32-18(25)19(29)31-13)20(37)33-22-30-12-23(34-22)5-8-36(9-6-23)41(39,40)16-3-2-14-4-7-35(11-15(14)10-16)21(38)24(26,27)28/h2-3,10H,4-9,11-12H2,1H3,(H2,29,31)(H2,30,33,34,37). The van der Waals surface area contributed by atoms with Gasteiger partial charge in [-0.15, -0.1) is 0 Å². The molecule has 17 heteroatoms. The molecule has 12 nitrogen and oxygen atoms in total. The minimum Gasteiger partial charge on any atom is -0.381 e. The van der Waals surface area contributed by atoms with Crippen LogP contribution in [-0.4, -0.2) is 83.3 Å². The Kier molecular flexibility index (Phi) is 7.36. The molecule has 2 saturated heterocycles. The zero-order valence-electron chi connectivity index (χ0n) is 21.8. The van der Waals surface area contributed by atoms with E-state index in [1.54, 1.807) is 13.0 Å². The molecule has 0 bridgehead atoms. The minimum atomic E-state index is -5.00. The predicted octanol–water partition coefficient (Wildman–Crippen LogP) is 1.38. The van der Waals surface area contributed by atoms with E-state index >= 15 is 0 Å². The van der Waals surface area contributed by atoms with Crippen molar-refractivity contribution in [2.45, 2.75) is 49.3 Å². The second-order valence-corrected chi connectivity index (χ2v) is 12.5. The van der Waals surface area contributed by atoms with Gasteiger partial charge in [0.05, 0.1) is 16.1 Å². The predicted molar refractivity (Wildman–Crippen MR) is 141 cm³/mol. The Hall–Kier alpha value is -3.50. The number of nitrogens with one attached hydrogen (secondary N) is 2. The molecule has 41 heavy (non-hydrogen) atoms. The van der Waals surface area contributed by atoms with Gasteiger partial charge < -0.3 is 21.3 Å². The Morgan fingerprint density at radius 3 is 2.54 bits per heavy atom. The number of anilines is 1. The number of carbonyl (C=O) groups excluding carboxylic acids is 2. The van der Waals surface area contributed by atoms with E-state index in [1.807, 2.05) is 0 Å². The van der Waals surface area contributed by atoms with Gasteiger partial charge in [-0.3, -0.25) is 9.59 Å². The first-order valence-corrected chi connectivity index (χ1v) is 14.4. The molecule has 0 unspecified atom stereocenters. The summed E-state index contributed by atoms with van der Waals surface area (Å²) >= 11 is 5.89. The highest BCUT2D eigenvalue weighted by Gasteiger charge is 2.44. The van der Waals surface area contributed by atoms with Crippen molar-refractivity contribution in [1.29, 1.82) is 0 Å². The van der Waals surface area contributed by atoms with Gasteiger partial charge in [-0.05, 0) is 49.4 Å². The molecule has 0 saturated carbocycles. The second kappa shape index (κ2) is 10.4. The number of aromatic nitrogens is 2. The Morgan fingerprint density at radius 1 is 1.15 bits per heavy atom. The molecule has 3 aliphatic heterocycles. The fraction of sp³-hybridized carbons (Fsp3) is 0.458. The lowest BCUT2D eigenvalue weighted by Gasteiger charge is -2.38. The maximum Gasteiger partial charge on any atom is 0.471 e. The van der Waals surface area contributed by atoms with Gasteiger partial charge in [-0.1, -0.05) is 17.7 Å². The van der Waals surface area contributed by atoms with Gasteiger partial charge >= 0.3 is 18.0 Å². The maximum atomic E-state index is 13.4. The number of fused-ring (bicyclic) bond motifs is 1. The summed E-state index contributed by atoms with van der Waals surface area (Å²) in [6.45, 7) is 1.87. The number of hydrogen-bond acceptors (Lipinski definition) is 7. The number of rotatable bonds is 3. The van der Waals surface area contributed by atoms with Crippen molar-refractivity contribution in [2.75, 3.05) is 31.9 Å². The molecule has 0 aliphatic carbocycles. The smallest absolute Gasteiger partial charge is 0.381 e. The molecule has 3 aliphatic rings. The lowest BCUT2D eigenvalue weighted by atomic mass is 9.90. The molecule has 1 aromatic heterocycles. The van der Waals surface area contributed by atoms with Gasteiger partial charge in [0.15, 0.2) is 22.6 Å². The molecular formula is C24H26ClF3N8O4S. The summed E-state index contributed by atoms with van der Waals surface area (Å²) in [7, 11) is -3.95. The lowest BCUT2D eigenvalue weighted by Crippen LogP contribution is -2.53. The second-order valence-electron chi connectivity index (χ2n) is 10.2. The van der Waals surface area contributed by atoms with Gasteiger partial charge in [0, 0.05) is 32.7 Å². The highest BCUT2D eigenvalue weighted by Crippen LogP contribution is 2.31. The van der Waals surface area contributed by atoms with Gasteiger partial charge in [0.25, 0.3) is 0 Å². The van der Waals surface area contributed by atoms with E-state index in [1.165, 1.54) is 16.4 Å². The van der Waals surface area contributed by atoms with Crippen LogP contribution >= 0.6 is 11.6 Å². The topological polar surface area (TPSA) is 163 Å². The third-order valence-electron chi connectivity index (χ3n) is 7.48.